The molecule has 3 rings (SSSR count). The Hall–Kier alpha value is -3.60. The lowest BCUT2D eigenvalue weighted by Crippen LogP contribution is -2.29. The number of carbonyl (C=O) groups is 2. The van der Waals surface area contributed by atoms with Crippen molar-refractivity contribution in [3.8, 4) is 11.5 Å². The maximum Gasteiger partial charge on any atom is 0.252 e. The van der Waals surface area contributed by atoms with E-state index < -0.39 is 0 Å². The van der Waals surface area contributed by atoms with Crippen LogP contribution in [0.1, 0.15) is 31.8 Å². The number of carbonyl (C=O) groups excluding carboxylic acids is 2. The molecule has 29 heavy (non-hydrogen) atoms. The van der Waals surface area contributed by atoms with Gasteiger partial charge in [-0.1, -0.05) is 48.0 Å². The van der Waals surface area contributed by atoms with E-state index in [1.807, 2.05) is 19.1 Å². The molecule has 0 saturated heterocycles. The molecule has 0 aliphatic carbocycles. The summed E-state index contributed by atoms with van der Waals surface area (Å²) in [5.74, 6) is 0.958. The highest BCUT2D eigenvalue weighted by Gasteiger charge is 2.17. The van der Waals surface area contributed by atoms with Crippen LogP contribution >= 0.6 is 0 Å². The van der Waals surface area contributed by atoms with E-state index in [2.05, 4.69) is 5.32 Å². The molecule has 0 spiro atoms. The van der Waals surface area contributed by atoms with Gasteiger partial charge in [0.15, 0.2) is 5.78 Å². The summed E-state index contributed by atoms with van der Waals surface area (Å²) in [5, 5.41) is 2.81. The summed E-state index contributed by atoms with van der Waals surface area (Å²) in [6, 6.07) is 21.3. The number of aryl methyl sites for hydroxylation is 1. The van der Waals surface area contributed by atoms with Gasteiger partial charge in [0.05, 0.1) is 19.2 Å². The van der Waals surface area contributed by atoms with Gasteiger partial charge in [0, 0.05) is 11.1 Å². The molecule has 5 nitrogen and oxygen atoms in total. The van der Waals surface area contributed by atoms with Gasteiger partial charge in [-0.2, -0.15) is 0 Å². The first-order valence-electron chi connectivity index (χ1n) is 9.34. The Balaban J connectivity index is 1.60. The van der Waals surface area contributed by atoms with Crippen molar-refractivity contribution in [3.63, 3.8) is 0 Å². The second kappa shape index (κ2) is 9.55. The Kier molecular flexibility index (Phi) is 6.63. The number of nitrogens with one attached hydrogen (secondary N) is 1. The van der Waals surface area contributed by atoms with Gasteiger partial charge in [-0.05, 0) is 37.3 Å². The van der Waals surface area contributed by atoms with Crippen LogP contribution in [0.3, 0.4) is 0 Å². The molecule has 148 valence electrons. The average molecular weight is 389 g/mol. The van der Waals surface area contributed by atoms with Gasteiger partial charge in [-0.3, -0.25) is 9.59 Å². The maximum atomic E-state index is 12.8. The predicted molar refractivity (Wildman–Crippen MR) is 112 cm³/mol. The highest BCUT2D eigenvalue weighted by atomic mass is 16.5. The largest absolute Gasteiger partial charge is 0.497 e. The minimum absolute atomic E-state index is 0.176. The lowest BCUT2D eigenvalue weighted by atomic mass is 9.97. The van der Waals surface area contributed by atoms with Gasteiger partial charge in [-0.25, -0.2) is 0 Å². The summed E-state index contributed by atoms with van der Waals surface area (Å²) in [7, 11) is 1.60. The topological polar surface area (TPSA) is 64.6 Å². The van der Waals surface area contributed by atoms with Crippen LogP contribution < -0.4 is 14.8 Å². The van der Waals surface area contributed by atoms with Crippen LogP contribution in [0.5, 0.6) is 11.5 Å². The van der Waals surface area contributed by atoms with Crippen molar-refractivity contribution in [1.82, 2.24) is 5.32 Å². The number of benzene rings is 3. The Labute approximate surface area is 170 Å². The van der Waals surface area contributed by atoms with Crippen molar-refractivity contribution in [1.29, 1.82) is 0 Å². The molecule has 0 aromatic heterocycles. The van der Waals surface area contributed by atoms with Crippen molar-refractivity contribution in [2.75, 3.05) is 20.3 Å². The van der Waals surface area contributed by atoms with Crippen molar-refractivity contribution >= 4 is 11.7 Å². The number of rotatable bonds is 8. The van der Waals surface area contributed by atoms with Crippen LogP contribution in [-0.4, -0.2) is 32.0 Å². The molecule has 0 fully saturated rings. The first-order valence-corrected chi connectivity index (χ1v) is 9.34. The van der Waals surface area contributed by atoms with Crippen LogP contribution in [-0.2, 0) is 0 Å². The minimum atomic E-state index is -0.306. The molecule has 3 aromatic rings. The third-order valence-corrected chi connectivity index (χ3v) is 4.45. The lowest BCUT2D eigenvalue weighted by molar-refractivity contribution is 0.0936. The van der Waals surface area contributed by atoms with Crippen molar-refractivity contribution in [2.45, 2.75) is 6.92 Å². The van der Waals surface area contributed by atoms with Gasteiger partial charge in [0.2, 0.25) is 0 Å². The molecule has 0 unspecified atom stereocenters. The fourth-order valence-corrected chi connectivity index (χ4v) is 2.84. The summed E-state index contributed by atoms with van der Waals surface area (Å²) < 4.78 is 10.7. The van der Waals surface area contributed by atoms with E-state index in [0.717, 1.165) is 11.3 Å². The zero-order chi connectivity index (χ0) is 20.6. The standard InChI is InChI=1S/C24H23NO4/c1-17-7-9-18(10-8-17)23(26)21-5-3-4-6-22(21)24(27)25-15-16-29-20-13-11-19(28-2)12-14-20/h3-14H,15-16H2,1-2H3,(H,25,27). The molecular weight excluding hydrogens is 366 g/mol. The van der Waals surface area contributed by atoms with Gasteiger partial charge in [0.1, 0.15) is 18.1 Å². The normalized spacial score (nSPS) is 10.3. The molecule has 0 saturated carbocycles. The SMILES string of the molecule is COc1ccc(OCCNC(=O)c2ccccc2C(=O)c2ccc(C)cc2)cc1. The second-order valence-electron chi connectivity index (χ2n) is 6.52. The average Bonchev–Trinajstić information content (AvgIpc) is 2.77. The molecular formula is C24H23NO4. The lowest BCUT2D eigenvalue weighted by Gasteiger charge is -2.11. The molecule has 3 aromatic carbocycles. The Morgan fingerprint density at radius 1 is 0.828 bits per heavy atom. The summed E-state index contributed by atoms with van der Waals surface area (Å²) in [4.78, 5) is 25.5. The monoisotopic (exact) mass is 389 g/mol. The van der Waals surface area contributed by atoms with E-state index in [0.29, 0.717) is 35.6 Å². The molecule has 1 amide bonds. The molecule has 5 heteroatoms. The summed E-state index contributed by atoms with van der Waals surface area (Å²) >= 11 is 0. The fourth-order valence-electron chi connectivity index (χ4n) is 2.84. The third-order valence-electron chi connectivity index (χ3n) is 4.45. The van der Waals surface area contributed by atoms with E-state index in [9.17, 15) is 9.59 Å². The molecule has 0 radical (unpaired) electrons. The predicted octanol–water partition coefficient (Wildman–Crippen LogP) is 4.04. The fraction of sp³-hybridized carbons (Fsp3) is 0.167. The van der Waals surface area contributed by atoms with Crippen LogP contribution in [0.2, 0.25) is 0 Å². The maximum absolute atomic E-state index is 12.8. The number of ketones is 1. The number of hydrogen-bond acceptors (Lipinski definition) is 4. The Morgan fingerprint density at radius 2 is 1.45 bits per heavy atom. The quantitative estimate of drug-likeness (QED) is 0.466. The number of hydrogen-bond donors (Lipinski definition) is 1. The summed E-state index contributed by atoms with van der Waals surface area (Å²) in [6.45, 7) is 2.59. The van der Waals surface area contributed by atoms with Crippen LogP contribution in [0, 0.1) is 6.92 Å². The van der Waals surface area contributed by atoms with Crippen molar-refractivity contribution in [2.24, 2.45) is 0 Å². The molecule has 0 aliphatic rings. The second-order valence-corrected chi connectivity index (χ2v) is 6.52. The molecule has 0 atom stereocenters. The first-order chi connectivity index (χ1) is 14.1. The van der Waals surface area contributed by atoms with Crippen LogP contribution in [0.25, 0.3) is 0 Å². The number of ether oxygens (including phenoxy) is 2. The van der Waals surface area contributed by atoms with Crippen molar-refractivity contribution in [3.05, 3.63) is 95.1 Å². The number of methoxy groups -OCH3 is 1. The smallest absolute Gasteiger partial charge is 0.252 e. The Morgan fingerprint density at radius 3 is 2.10 bits per heavy atom. The summed E-state index contributed by atoms with van der Waals surface area (Å²) in [5.41, 5.74) is 2.36. The molecule has 1 N–H and O–H groups in total. The minimum Gasteiger partial charge on any atom is -0.497 e. The number of amides is 1. The molecule has 0 heterocycles. The highest BCUT2D eigenvalue weighted by molar-refractivity contribution is 6.15. The van der Waals surface area contributed by atoms with Gasteiger partial charge >= 0.3 is 0 Å². The van der Waals surface area contributed by atoms with Crippen LogP contribution in [0.4, 0.5) is 0 Å². The van der Waals surface area contributed by atoms with Gasteiger partial charge in [0.25, 0.3) is 5.91 Å². The molecule has 0 bridgehead atoms. The highest BCUT2D eigenvalue weighted by Crippen LogP contribution is 2.17. The van der Waals surface area contributed by atoms with Crippen LogP contribution in [0.15, 0.2) is 72.8 Å². The zero-order valence-electron chi connectivity index (χ0n) is 16.5. The van der Waals surface area contributed by atoms with E-state index in [1.54, 1.807) is 67.8 Å². The van der Waals surface area contributed by atoms with E-state index in [1.165, 1.54) is 0 Å². The van der Waals surface area contributed by atoms with E-state index in [-0.39, 0.29) is 11.7 Å². The van der Waals surface area contributed by atoms with E-state index in [4.69, 9.17) is 9.47 Å². The Bertz CT molecular complexity index is 979. The van der Waals surface area contributed by atoms with Gasteiger partial charge < -0.3 is 14.8 Å². The third kappa shape index (κ3) is 5.23. The van der Waals surface area contributed by atoms with Gasteiger partial charge in [-0.15, -0.1) is 0 Å². The van der Waals surface area contributed by atoms with E-state index >= 15 is 0 Å². The summed E-state index contributed by atoms with van der Waals surface area (Å²) in [6.07, 6.45) is 0. The zero-order valence-corrected chi connectivity index (χ0v) is 16.5. The van der Waals surface area contributed by atoms with Crippen molar-refractivity contribution < 1.29 is 19.1 Å². The first kappa shape index (κ1) is 20.1. The molecule has 0 aliphatic heterocycles.